The van der Waals surface area contributed by atoms with Gasteiger partial charge in [-0.2, -0.15) is 5.26 Å². The van der Waals surface area contributed by atoms with E-state index >= 15 is 0 Å². The van der Waals surface area contributed by atoms with Crippen LogP contribution in [0.3, 0.4) is 0 Å². The number of nitrogens with two attached hydrogens (primary N) is 1. The number of anilines is 1. The van der Waals surface area contributed by atoms with Gasteiger partial charge in [-0.3, -0.25) is 4.79 Å². The summed E-state index contributed by atoms with van der Waals surface area (Å²) in [5.41, 5.74) is 8.59. The fraction of sp³-hybridized carbons (Fsp3) is 0.520. The minimum absolute atomic E-state index is 0.00875. The van der Waals surface area contributed by atoms with E-state index in [-0.39, 0.29) is 11.9 Å². The van der Waals surface area contributed by atoms with Gasteiger partial charge in [0.2, 0.25) is 5.91 Å². The van der Waals surface area contributed by atoms with E-state index in [2.05, 4.69) is 37.5 Å². The second-order valence-corrected chi connectivity index (χ2v) is 9.51. The predicted molar refractivity (Wildman–Crippen MR) is 127 cm³/mol. The van der Waals surface area contributed by atoms with Crippen LogP contribution in [0.2, 0.25) is 0 Å². The molecule has 4 nitrogen and oxygen atoms in total. The summed E-state index contributed by atoms with van der Waals surface area (Å²) in [5.74, 6) is 0.647. The molecule has 1 amide bonds. The van der Waals surface area contributed by atoms with Gasteiger partial charge in [-0.1, -0.05) is 70.0 Å². The van der Waals surface area contributed by atoms with E-state index < -0.39 is 0 Å². The Bertz CT molecular complexity index is 790. The molecule has 0 aromatic heterocycles. The first-order valence-corrected chi connectivity index (χ1v) is 11.8. The number of hydrogen-bond acceptors (Lipinski definition) is 4. The summed E-state index contributed by atoms with van der Waals surface area (Å²) in [4.78, 5) is 14.5. The number of aryl methyl sites for hydroxylation is 1. The summed E-state index contributed by atoms with van der Waals surface area (Å²) >= 11 is 1.55. The number of hydrogen-bond donors (Lipinski definition) is 2. The van der Waals surface area contributed by atoms with Crippen LogP contribution in [-0.2, 0) is 11.2 Å². The third-order valence-electron chi connectivity index (χ3n) is 5.73. The lowest BCUT2D eigenvalue weighted by Crippen LogP contribution is -2.36. The predicted octanol–water partition coefficient (Wildman–Crippen LogP) is 6.14. The summed E-state index contributed by atoms with van der Waals surface area (Å²) in [6.07, 6.45) is 9.70. The molecule has 5 heteroatoms. The topological polar surface area (TPSA) is 78.9 Å². The van der Waals surface area contributed by atoms with Gasteiger partial charge < -0.3 is 11.1 Å². The number of carbonyl (C=O) groups excluding carboxylic acids is 1. The SMILES string of the molecule is C=C(C#N)CC(CC1CCCCC1)NC(=O)CCC(=C)Sc1cc(CC)ccc1N. The molecule has 1 atom stereocenters. The van der Waals surface area contributed by atoms with E-state index in [4.69, 9.17) is 11.0 Å². The molecule has 1 aliphatic carbocycles. The van der Waals surface area contributed by atoms with Crippen LogP contribution >= 0.6 is 11.8 Å². The van der Waals surface area contributed by atoms with Gasteiger partial charge in [-0.15, -0.1) is 0 Å². The molecule has 1 saturated carbocycles. The monoisotopic (exact) mass is 425 g/mol. The Balaban J connectivity index is 1.85. The molecule has 1 unspecified atom stereocenters. The summed E-state index contributed by atoms with van der Waals surface area (Å²) < 4.78 is 0. The minimum atomic E-state index is -0.00875. The summed E-state index contributed by atoms with van der Waals surface area (Å²) in [6.45, 7) is 10.1. The maximum Gasteiger partial charge on any atom is 0.220 e. The fourth-order valence-electron chi connectivity index (χ4n) is 4.01. The number of nitrogens with zero attached hydrogens (tertiary/aromatic N) is 1. The third kappa shape index (κ3) is 8.28. The molecule has 3 N–H and O–H groups in total. The Morgan fingerprint density at radius 3 is 2.70 bits per heavy atom. The quantitative estimate of drug-likeness (QED) is 0.253. The summed E-state index contributed by atoms with van der Waals surface area (Å²) in [7, 11) is 0. The van der Waals surface area contributed by atoms with Crippen LogP contribution < -0.4 is 11.1 Å². The van der Waals surface area contributed by atoms with Crippen molar-refractivity contribution in [3.8, 4) is 6.07 Å². The number of nitrogens with one attached hydrogen (secondary N) is 1. The average molecular weight is 426 g/mol. The summed E-state index contributed by atoms with van der Waals surface area (Å²) in [6, 6.07) is 8.18. The van der Waals surface area contributed by atoms with Crippen LogP contribution in [0.4, 0.5) is 5.69 Å². The van der Waals surface area contributed by atoms with E-state index in [0.717, 1.165) is 28.3 Å². The van der Waals surface area contributed by atoms with Gasteiger partial charge in [0.1, 0.15) is 0 Å². The van der Waals surface area contributed by atoms with Gasteiger partial charge in [0.25, 0.3) is 0 Å². The van der Waals surface area contributed by atoms with Crippen molar-refractivity contribution in [2.24, 2.45) is 5.92 Å². The second kappa shape index (κ2) is 12.5. The molecule has 162 valence electrons. The maximum atomic E-state index is 12.6. The molecule has 1 aromatic rings. The van der Waals surface area contributed by atoms with Crippen molar-refractivity contribution >= 4 is 23.4 Å². The van der Waals surface area contributed by atoms with Gasteiger partial charge in [0.05, 0.1) is 6.07 Å². The number of nitriles is 1. The highest BCUT2D eigenvalue weighted by Gasteiger charge is 2.21. The van der Waals surface area contributed by atoms with Gasteiger partial charge in [-0.05, 0) is 47.8 Å². The Morgan fingerprint density at radius 1 is 1.30 bits per heavy atom. The molecule has 0 radical (unpaired) electrons. The summed E-state index contributed by atoms with van der Waals surface area (Å²) in [5, 5.41) is 12.3. The zero-order chi connectivity index (χ0) is 21.9. The Hall–Kier alpha value is -2.19. The molecule has 30 heavy (non-hydrogen) atoms. The highest BCUT2D eigenvalue weighted by Crippen LogP contribution is 2.33. The largest absolute Gasteiger partial charge is 0.398 e. The van der Waals surface area contributed by atoms with Crippen LogP contribution in [0, 0.1) is 17.2 Å². The minimum Gasteiger partial charge on any atom is -0.398 e. The van der Waals surface area contributed by atoms with E-state index in [1.54, 1.807) is 11.8 Å². The molecule has 2 rings (SSSR count). The van der Waals surface area contributed by atoms with Crippen LogP contribution in [0.5, 0.6) is 0 Å². The first kappa shape index (κ1) is 24.1. The highest BCUT2D eigenvalue weighted by atomic mass is 32.2. The molecular formula is C25H35N3OS. The van der Waals surface area contributed by atoms with Crippen LogP contribution in [0.25, 0.3) is 0 Å². The van der Waals surface area contributed by atoms with E-state index in [1.807, 2.05) is 12.1 Å². The second-order valence-electron chi connectivity index (χ2n) is 8.29. The maximum absolute atomic E-state index is 12.6. The van der Waals surface area contributed by atoms with Crippen molar-refractivity contribution < 1.29 is 4.79 Å². The molecular weight excluding hydrogens is 390 g/mol. The van der Waals surface area contributed by atoms with Crippen molar-refractivity contribution in [2.75, 3.05) is 5.73 Å². The molecule has 0 saturated heterocycles. The lowest BCUT2D eigenvalue weighted by Gasteiger charge is -2.27. The first-order valence-electron chi connectivity index (χ1n) is 11.0. The standard InChI is InChI=1S/C25H35N3OS/c1-4-20-11-12-23(27)24(16-20)30-19(3)10-13-25(29)28-22(14-18(2)17-26)15-21-8-6-5-7-9-21/h11-12,16,21-22H,2-10,13-15,27H2,1H3,(H,28,29). The van der Waals surface area contributed by atoms with E-state index in [9.17, 15) is 4.79 Å². The fourth-order valence-corrected chi connectivity index (χ4v) is 4.92. The Kier molecular flexibility index (Phi) is 10.0. The van der Waals surface area contributed by atoms with Gasteiger partial charge in [-0.25, -0.2) is 0 Å². The Labute approximate surface area is 186 Å². The van der Waals surface area contributed by atoms with E-state index in [0.29, 0.717) is 30.8 Å². The van der Waals surface area contributed by atoms with Crippen molar-refractivity contribution in [2.45, 2.75) is 82.1 Å². The van der Waals surface area contributed by atoms with E-state index in [1.165, 1.54) is 37.7 Å². The highest BCUT2D eigenvalue weighted by molar-refractivity contribution is 8.03. The number of rotatable bonds is 11. The van der Waals surface area contributed by atoms with Gasteiger partial charge in [0.15, 0.2) is 0 Å². The zero-order valence-corrected chi connectivity index (χ0v) is 19.0. The van der Waals surface area contributed by atoms with Gasteiger partial charge >= 0.3 is 0 Å². The first-order chi connectivity index (χ1) is 14.4. The van der Waals surface area contributed by atoms with Crippen molar-refractivity contribution in [3.63, 3.8) is 0 Å². The number of benzene rings is 1. The van der Waals surface area contributed by atoms with Crippen molar-refractivity contribution in [1.29, 1.82) is 5.26 Å². The molecule has 0 bridgehead atoms. The van der Waals surface area contributed by atoms with Crippen LogP contribution in [0.1, 0.15) is 70.3 Å². The lowest BCUT2D eigenvalue weighted by molar-refractivity contribution is -0.121. The molecule has 0 aliphatic heterocycles. The number of amides is 1. The Morgan fingerprint density at radius 2 is 2.03 bits per heavy atom. The lowest BCUT2D eigenvalue weighted by atomic mass is 9.83. The average Bonchev–Trinajstić information content (AvgIpc) is 2.74. The van der Waals surface area contributed by atoms with Gasteiger partial charge in [0, 0.05) is 35.0 Å². The van der Waals surface area contributed by atoms with Crippen LogP contribution in [-0.4, -0.2) is 11.9 Å². The number of thioether (sulfide) groups is 1. The van der Waals surface area contributed by atoms with Crippen molar-refractivity contribution in [1.82, 2.24) is 5.32 Å². The smallest absolute Gasteiger partial charge is 0.220 e. The number of allylic oxidation sites excluding steroid dienone is 1. The molecule has 1 aromatic carbocycles. The van der Waals surface area contributed by atoms with Crippen LogP contribution in [0.15, 0.2) is 46.7 Å². The normalized spacial score (nSPS) is 15.2. The molecule has 0 spiro atoms. The molecule has 1 aliphatic rings. The third-order valence-corrected chi connectivity index (χ3v) is 6.80. The number of nitrogen functional groups attached to an aromatic ring is 1. The molecule has 1 fully saturated rings. The molecule has 0 heterocycles. The number of carbonyl (C=O) groups is 1. The zero-order valence-electron chi connectivity index (χ0n) is 18.2. The van der Waals surface area contributed by atoms with Crippen molar-refractivity contribution in [3.05, 3.63) is 47.4 Å².